The third-order valence-electron chi connectivity index (χ3n) is 7.04. The van der Waals surface area contributed by atoms with Crippen LogP contribution in [0.15, 0.2) is 108 Å². The SMILES string of the molecule is CC(C)(C)c1ccc(C(=O)N[C@@H](Cc2ccc(-c3noc(-c4ccc(OCc5ccccc5)cc4)n3)cc2)C(=O)O)cc1. The van der Waals surface area contributed by atoms with Crippen molar-refractivity contribution in [2.45, 2.75) is 45.3 Å². The van der Waals surface area contributed by atoms with Crippen molar-refractivity contribution in [1.82, 2.24) is 15.5 Å². The molecule has 1 heterocycles. The molecule has 0 aliphatic carbocycles. The van der Waals surface area contributed by atoms with Crippen LogP contribution in [0.25, 0.3) is 22.8 Å². The summed E-state index contributed by atoms with van der Waals surface area (Å²) in [5.74, 6) is -0.0227. The first-order valence-corrected chi connectivity index (χ1v) is 14.0. The van der Waals surface area contributed by atoms with E-state index in [-0.39, 0.29) is 11.8 Å². The third-order valence-corrected chi connectivity index (χ3v) is 7.04. The van der Waals surface area contributed by atoms with Crippen molar-refractivity contribution < 1.29 is 24.0 Å². The molecule has 218 valence electrons. The first-order valence-electron chi connectivity index (χ1n) is 14.0. The van der Waals surface area contributed by atoms with Gasteiger partial charge in [-0.3, -0.25) is 4.79 Å². The molecule has 0 unspecified atom stereocenters. The number of ether oxygens (including phenoxy) is 1. The lowest BCUT2D eigenvalue weighted by atomic mass is 9.86. The van der Waals surface area contributed by atoms with Gasteiger partial charge in [0.1, 0.15) is 18.4 Å². The molecule has 1 amide bonds. The largest absolute Gasteiger partial charge is 0.489 e. The summed E-state index contributed by atoms with van der Waals surface area (Å²) < 4.78 is 11.3. The number of carbonyl (C=O) groups is 2. The molecule has 5 rings (SSSR count). The number of aromatic nitrogens is 2. The van der Waals surface area contributed by atoms with Crippen LogP contribution in [0.1, 0.15) is 47.8 Å². The number of nitrogens with one attached hydrogen (secondary N) is 1. The minimum atomic E-state index is -1.11. The van der Waals surface area contributed by atoms with Gasteiger partial charge in [-0.1, -0.05) is 92.7 Å². The fraction of sp³-hybridized carbons (Fsp3) is 0.200. The summed E-state index contributed by atoms with van der Waals surface area (Å²) >= 11 is 0. The first kappa shape index (κ1) is 29.3. The maximum absolute atomic E-state index is 12.8. The van der Waals surface area contributed by atoms with Gasteiger partial charge in [-0.25, -0.2) is 4.79 Å². The lowest BCUT2D eigenvalue weighted by Gasteiger charge is -2.19. The van der Waals surface area contributed by atoms with Crippen molar-refractivity contribution in [2.24, 2.45) is 0 Å². The second-order valence-corrected chi connectivity index (χ2v) is 11.3. The van der Waals surface area contributed by atoms with Crippen molar-refractivity contribution in [3.63, 3.8) is 0 Å². The minimum Gasteiger partial charge on any atom is -0.489 e. The Balaban J connectivity index is 1.19. The summed E-state index contributed by atoms with van der Waals surface area (Å²) in [6, 6.07) is 30.7. The quantitative estimate of drug-likeness (QED) is 0.190. The Labute approximate surface area is 250 Å². The third kappa shape index (κ3) is 7.54. The van der Waals surface area contributed by atoms with Gasteiger partial charge in [0.2, 0.25) is 5.82 Å². The van der Waals surface area contributed by atoms with Crippen LogP contribution in [-0.2, 0) is 23.2 Å². The van der Waals surface area contributed by atoms with Crippen LogP contribution in [0.4, 0.5) is 0 Å². The number of nitrogens with zero attached hydrogens (tertiary/aromatic N) is 2. The Morgan fingerprint density at radius 3 is 2.12 bits per heavy atom. The van der Waals surface area contributed by atoms with Gasteiger partial charge in [0.25, 0.3) is 11.8 Å². The standard InChI is InChI=1S/C35H33N3O5/c1-35(2,3)28-17-13-26(14-18-28)32(39)36-30(34(40)41)21-23-9-11-25(12-10-23)31-37-33(43-38-31)27-15-19-29(20-16-27)42-22-24-7-5-4-6-8-24/h4-20,30H,21-22H2,1-3H3,(H,36,39)(H,40,41)/t30-/m0/s1. The molecular formula is C35H33N3O5. The Hall–Kier alpha value is -5.24. The maximum Gasteiger partial charge on any atom is 0.326 e. The van der Waals surface area contributed by atoms with E-state index in [0.717, 1.165) is 33.6 Å². The van der Waals surface area contributed by atoms with Gasteiger partial charge in [0, 0.05) is 23.1 Å². The molecule has 8 heteroatoms. The lowest BCUT2D eigenvalue weighted by Crippen LogP contribution is -2.42. The van der Waals surface area contributed by atoms with Gasteiger partial charge >= 0.3 is 5.97 Å². The van der Waals surface area contributed by atoms with E-state index < -0.39 is 17.9 Å². The molecule has 1 aromatic heterocycles. The molecule has 0 saturated heterocycles. The van der Waals surface area contributed by atoms with Crippen molar-refractivity contribution >= 4 is 11.9 Å². The van der Waals surface area contributed by atoms with Gasteiger partial charge in [-0.2, -0.15) is 4.98 Å². The van der Waals surface area contributed by atoms with E-state index >= 15 is 0 Å². The molecule has 2 N–H and O–H groups in total. The summed E-state index contributed by atoms with van der Waals surface area (Å²) in [5.41, 5.74) is 4.77. The number of carboxylic acid groups (broad SMARTS) is 1. The summed E-state index contributed by atoms with van der Waals surface area (Å²) in [6.45, 7) is 6.75. The lowest BCUT2D eigenvalue weighted by molar-refractivity contribution is -0.139. The zero-order chi connectivity index (χ0) is 30.4. The van der Waals surface area contributed by atoms with Gasteiger partial charge in [-0.05, 0) is 58.5 Å². The second kappa shape index (κ2) is 12.7. The number of carboxylic acids is 1. The van der Waals surface area contributed by atoms with E-state index in [1.54, 1.807) is 36.4 Å². The molecule has 0 saturated carbocycles. The number of rotatable bonds is 10. The van der Waals surface area contributed by atoms with Crippen LogP contribution in [0.5, 0.6) is 5.75 Å². The van der Waals surface area contributed by atoms with Crippen molar-refractivity contribution in [1.29, 1.82) is 0 Å². The number of benzene rings is 4. The van der Waals surface area contributed by atoms with E-state index in [2.05, 4.69) is 36.2 Å². The predicted octanol–water partition coefficient (Wildman–Crippen LogP) is 6.71. The molecule has 0 bridgehead atoms. The molecule has 8 nitrogen and oxygen atoms in total. The van der Waals surface area contributed by atoms with Crippen LogP contribution >= 0.6 is 0 Å². The van der Waals surface area contributed by atoms with Gasteiger partial charge < -0.3 is 19.7 Å². The second-order valence-electron chi connectivity index (χ2n) is 11.3. The van der Waals surface area contributed by atoms with Crippen LogP contribution in [0.3, 0.4) is 0 Å². The monoisotopic (exact) mass is 575 g/mol. The number of aliphatic carboxylic acids is 1. The fourth-order valence-electron chi connectivity index (χ4n) is 4.48. The molecule has 0 fully saturated rings. The minimum absolute atomic E-state index is 0.0440. The van der Waals surface area contributed by atoms with Crippen LogP contribution < -0.4 is 10.1 Å². The summed E-state index contributed by atoms with van der Waals surface area (Å²) in [6.07, 6.45) is 0.123. The van der Waals surface area contributed by atoms with Crippen LogP contribution in [-0.4, -0.2) is 33.2 Å². The zero-order valence-corrected chi connectivity index (χ0v) is 24.3. The maximum atomic E-state index is 12.8. The zero-order valence-electron chi connectivity index (χ0n) is 24.3. The Kier molecular flexibility index (Phi) is 8.66. The van der Waals surface area contributed by atoms with Crippen molar-refractivity contribution in [3.05, 3.63) is 125 Å². The highest BCUT2D eigenvalue weighted by molar-refractivity contribution is 5.96. The molecule has 0 radical (unpaired) electrons. The average Bonchev–Trinajstić information content (AvgIpc) is 3.51. The Morgan fingerprint density at radius 1 is 0.837 bits per heavy atom. The molecule has 0 spiro atoms. The highest BCUT2D eigenvalue weighted by Crippen LogP contribution is 2.25. The number of hydrogen-bond donors (Lipinski definition) is 2. The molecule has 1 atom stereocenters. The highest BCUT2D eigenvalue weighted by Gasteiger charge is 2.22. The van der Waals surface area contributed by atoms with E-state index in [1.165, 1.54) is 0 Å². The molecule has 43 heavy (non-hydrogen) atoms. The summed E-state index contributed by atoms with van der Waals surface area (Å²) in [4.78, 5) is 29.2. The van der Waals surface area contributed by atoms with Crippen molar-refractivity contribution in [3.8, 4) is 28.6 Å². The van der Waals surface area contributed by atoms with Crippen molar-refractivity contribution in [2.75, 3.05) is 0 Å². The summed E-state index contributed by atoms with van der Waals surface area (Å²) in [7, 11) is 0. The highest BCUT2D eigenvalue weighted by atomic mass is 16.5. The predicted molar refractivity (Wildman–Crippen MR) is 164 cm³/mol. The smallest absolute Gasteiger partial charge is 0.326 e. The topological polar surface area (TPSA) is 115 Å². The van der Waals surface area contributed by atoms with Gasteiger partial charge in [-0.15, -0.1) is 0 Å². The molecule has 0 aliphatic rings. The molecule has 0 aliphatic heterocycles. The molecule has 4 aromatic carbocycles. The van der Waals surface area contributed by atoms with Crippen LogP contribution in [0.2, 0.25) is 0 Å². The average molecular weight is 576 g/mol. The fourth-order valence-corrected chi connectivity index (χ4v) is 4.48. The number of hydrogen-bond acceptors (Lipinski definition) is 6. The number of amides is 1. The molecule has 5 aromatic rings. The van der Waals surface area contributed by atoms with E-state index in [4.69, 9.17) is 9.26 Å². The normalized spacial score (nSPS) is 12.0. The van der Waals surface area contributed by atoms with Gasteiger partial charge in [0.05, 0.1) is 0 Å². The Morgan fingerprint density at radius 2 is 1.49 bits per heavy atom. The first-order chi connectivity index (χ1) is 20.7. The van der Waals surface area contributed by atoms with E-state index in [1.807, 2.05) is 66.7 Å². The van der Waals surface area contributed by atoms with Crippen LogP contribution in [0, 0.1) is 0 Å². The van der Waals surface area contributed by atoms with E-state index in [0.29, 0.717) is 23.9 Å². The Bertz CT molecular complexity index is 1670. The molecular weight excluding hydrogens is 542 g/mol. The number of carbonyl (C=O) groups excluding carboxylic acids is 1. The summed E-state index contributed by atoms with van der Waals surface area (Å²) in [5, 5.41) is 16.5. The van der Waals surface area contributed by atoms with Gasteiger partial charge in [0.15, 0.2) is 0 Å². The van der Waals surface area contributed by atoms with E-state index in [9.17, 15) is 14.7 Å².